The average molecular weight is 528 g/mol. The van der Waals surface area contributed by atoms with Crippen LogP contribution in [0.2, 0.25) is 0 Å². The number of ketones is 2. The van der Waals surface area contributed by atoms with E-state index in [4.69, 9.17) is 18.9 Å². The first kappa shape index (κ1) is 28.8. The summed E-state index contributed by atoms with van der Waals surface area (Å²) >= 11 is 0. The van der Waals surface area contributed by atoms with Crippen molar-refractivity contribution in [2.45, 2.75) is 39.8 Å². The summed E-state index contributed by atoms with van der Waals surface area (Å²) in [5, 5.41) is 23.1. The second kappa shape index (κ2) is 12.7. The lowest BCUT2D eigenvalue weighted by Crippen LogP contribution is -2.44. The summed E-state index contributed by atoms with van der Waals surface area (Å²) < 4.78 is 21.4. The number of carboxylic acids is 1. The maximum Gasteiger partial charge on any atom is 0.326 e. The van der Waals surface area contributed by atoms with Crippen LogP contribution in [-0.4, -0.2) is 61.6 Å². The molecule has 0 aliphatic heterocycles. The number of methoxy groups -OCH3 is 2. The molecule has 2 atom stereocenters. The van der Waals surface area contributed by atoms with Gasteiger partial charge in [0.2, 0.25) is 5.78 Å². The van der Waals surface area contributed by atoms with Crippen molar-refractivity contribution in [1.82, 2.24) is 5.32 Å². The molecule has 10 nitrogen and oxygen atoms in total. The highest BCUT2D eigenvalue weighted by Gasteiger charge is 2.39. The molecule has 0 saturated heterocycles. The maximum absolute atomic E-state index is 14.1. The Morgan fingerprint density at radius 3 is 2.24 bits per heavy atom. The SMILES string of the molecule is CC[C@H](C)[C@H](NC1=C(c2c(CO)cc(C)cc2OCOC)C(=O)c2cccc(OCOC)c2C1=O)C(=O)O. The summed E-state index contributed by atoms with van der Waals surface area (Å²) in [6.07, 6.45) is 0.502. The van der Waals surface area contributed by atoms with Gasteiger partial charge in [0.05, 0.1) is 23.4 Å². The first-order valence-corrected chi connectivity index (χ1v) is 12.1. The highest BCUT2D eigenvalue weighted by molar-refractivity contribution is 6.41. The Morgan fingerprint density at radius 1 is 1.00 bits per heavy atom. The highest BCUT2D eigenvalue weighted by atomic mass is 16.7. The van der Waals surface area contributed by atoms with Gasteiger partial charge in [-0.15, -0.1) is 0 Å². The number of rotatable bonds is 13. The molecule has 0 saturated carbocycles. The number of hydrogen-bond acceptors (Lipinski definition) is 9. The lowest BCUT2D eigenvalue weighted by Gasteiger charge is -2.29. The monoisotopic (exact) mass is 527 g/mol. The van der Waals surface area contributed by atoms with Crippen LogP contribution < -0.4 is 14.8 Å². The van der Waals surface area contributed by atoms with Crippen LogP contribution in [0, 0.1) is 12.8 Å². The minimum atomic E-state index is -1.18. The number of hydrogen-bond donors (Lipinski definition) is 3. The fourth-order valence-corrected chi connectivity index (χ4v) is 4.37. The molecule has 0 amide bonds. The summed E-state index contributed by atoms with van der Waals surface area (Å²) in [6.45, 7) is 4.58. The van der Waals surface area contributed by atoms with Crippen LogP contribution in [0.15, 0.2) is 36.0 Å². The number of aryl methyl sites for hydroxylation is 1. The van der Waals surface area contributed by atoms with Crippen molar-refractivity contribution in [2.24, 2.45) is 5.92 Å². The van der Waals surface area contributed by atoms with E-state index in [9.17, 15) is 24.6 Å². The van der Waals surface area contributed by atoms with Gasteiger partial charge in [0.15, 0.2) is 19.4 Å². The molecule has 0 aromatic heterocycles. The Bertz CT molecular complexity index is 1250. The normalized spacial score (nSPS) is 14.7. The number of ether oxygens (including phenoxy) is 4. The molecular weight excluding hydrogens is 494 g/mol. The van der Waals surface area contributed by atoms with Gasteiger partial charge in [-0.05, 0) is 36.1 Å². The minimum absolute atomic E-state index is 0.00823. The zero-order valence-electron chi connectivity index (χ0n) is 22.1. The number of nitrogens with one attached hydrogen (secondary N) is 1. The third-order valence-corrected chi connectivity index (χ3v) is 6.39. The van der Waals surface area contributed by atoms with Crippen molar-refractivity contribution in [1.29, 1.82) is 0 Å². The summed E-state index contributed by atoms with van der Waals surface area (Å²) in [5.41, 5.74) is 0.996. The lowest BCUT2D eigenvalue weighted by molar-refractivity contribution is -0.140. The van der Waals surface area contributed by atoms with Crippen LogP contribution in [0.4, 0.5) is 0 Å². The Hall–Kier alpha value is -3.73. The van der Waals surface area contributed by atoms with Crippen molar-refractivity contribution in [3.8, 4) is 11.5 Å². The zero-order valence-corrected chi connectivity index (χ0v) is 22.1. The number of aliphatic carboxylic acids is 1. The van der Waals surface area contributed by atoms with Gasteiger partial charge >= 0.3 is 5.97 Å². The second-order valence-corrected chi connectivity index (χ2v) is 8.99. The Morgan fingerprint density at radius 2 is 1.66 bits per heavy atom. The fraction of sp³-hybridized carbons (Fsp3) is 0.393. The van der Waals surface area contributed by atoms with Gasteiger partial charge in [0, 0.05) is 25.3 Å². The maximum atomic E-state index is 14.1. The first-order chi connectivity index (χ1) is 18.2. The molecule has 204 valence electrons. The Labute approximate surface area is 221 Å². The van der Waals surface area contributed by atoms with Crippen molar-refractivity contribution in [3.63, 3.8) is 0 Å². The number of benzene rings is 2. The van der Waals surface area contributed by atoms with E-state index < -0.39 is 30.2 Å². The smallest absolute Gasteiger partial charge is 0.326 e. The minimum Gasteiger partial charge on any atom is -0.480 e. The van der Waals surface area contributed by atoms with E-state index in [1.54, 1.807) is 32.0 Å². The molecular formula is C28H33NO9. The highest BCUT2D eigenvalue weighted by Crippen LogP contribution is 2.41. The molecule has 2 aromatic carbocycles. The summed E-state index contributed by atoms with van der Waals surface area (Å²) in [4.78, 5) is 40.4. The standard InChI is InChI=1S/C28H33NO9/c1-6-16(3)24(28(33)34)29-25-23(21-17(12-30)10-15(2)11-20(21)38-14-36-5)26(31)18-8-7-9-19(37-13-35-4)22(18)27(25)32/h7-11,16,24,29-30H,6,12-14H2,1-5H3,(H,33,34)/t16-,24-/m0/s1. The molecule has 0 bridgehead atoms. The summed E-state index contributed by atoms with van der Waals surface area (Å²) in [7, 11) is 2.86. The van der Waals surface area contributed by atoms with Gasteiger partial charge in [-0.2, -0.15) is 0 Å². The van der Waals surface area contributed by atoms with Crippen LogP contribution in [0.1, 0.15) is 57.7 Å². The molecule has 0 fully saturated rings. The number of aliphatic hydroxyl groups excluding tert-OH is 1. The number of Topliss-reactive ketones (excluding diaryl/α,β-unsaturated/α-hetero) is 2. The second-order valence-electron chi connectivity index (χ2n) is 8.99. The molecule has 0 radical (unpaired) electrons. The molecule has 2 aromatic rings. The number of allylic oxidation sites excluding steroid dienone is 2. The van der Waals surface area contributed by atoms with E-state index in [0.29, 0.717) is 12.0 Å². The van der Waals surface area contributed by atoms with Crippen molar-refractivity contribution in [2.75, 3.05) is 27.8 Å². The fourth-order valence-electron chi connectivity index (χ4n) is 4.37. The Balaban J connectivity index is 2.38. The molecule has 0 unspecified atom stereocenters. The van der Waals surface area contributed by atoms with E-state index >= 15 is 0 Å². The van der Waals surface area contributed by atoms with Crippen LogP contribution in [0.5, 0.6) is 11.5 Å². The van der Waals surface area contributed by atoms with Gasteiger partial charge in [-0.25, -0.2) is 4.79 Å². The van der Waals surface area contributed by atoms with Crippen molar-refractivity contribution in [3.05, 3.63) is 63.8 Å². The van der Waals surface area contributed by atoms with Crippen LogP contribution in [-0.2, 0) is 20.9 Å². The predicted molar refractivity (Wildman–Crippen MR) is 138 cm³/mol. The molecule has 38 heavy (non-hydrogen) atoms. The van der Waals surface area contributed by atoms with E-state index in [1.165, 1.54) is 26.4 Å². The molecule has 1 aliphatic carbocycles. The number of aliphatic hydroxyl groups is 1. The molecule has 1 aliphatic rings. The summed E-state index contributed by atoms with van der Waals surface area (Å²) in [6, 6.07) is 6.77. The van der Waals surface area contributed by atoms with E-state index in [0.717, 1.165) is 5.56 Å². The lowest BCUT2D eigenvalue weighted by atomic mass is 9.81. The molecule has 3 N–H and O–H groups in total. The van der Waals surface area contributed by atoms with Crippen molar-refractivity contribution < 1.29 is 43.5 Å². The third kappa shape index (κ3) is 5.72. The average Bonchev–Trinajstić information content (AvgIpc) is 2.90. The van der Waals surface area contributed by atoms with Crippen molar-refractivity contribution >= 4 is 23.1 Å². The van der Waals surface area contributed by atoms with Crippen LogP contribution in [0.3, 0.4) is 0 Å². The summed E-state index contributed by atoms with van der Waals surface area (Å²) in [5.74, 6) is -2.42. The van der Waals surface area contributed by atoms with Gasteiger partial charge in [0.25, 0.3) is 0 Å². The molecule has 0 spiro atoms. The van der Waals surface area contributed by atoms with Crippen LogP contribution >= 0.6 is 0 Å². The van der Waals surface area contributed by atoms with Gasteiger partial charge in [0.1, 0.15) is 17.5 Å². The largest absolute Gasteiger partial charge is 0.480 e. The predicted octanol–water partition coefficient (Wildman–Crippen LogP) is 3.33. The molecule has 0 heterocycles. The topological polar surface area (TPSA) is 141 Å². The Kier molecular flexibility index (Phi) is 9.62. The zero-order chi connectivity index (χ0) is 28.0. The van der Waals surface area contributed by atoms with Gasteiger partial charge in [-0.1, -0.05) is 38.5 Å². The van der Waals surface area contributed by atoms with E-state index in [-0.39, 0.29) is 59.0 Å². The first-order valence-electron chi connectivity index (χ1n) is 12.1. The molecule has 10 heteroatoms. The van der Waals surface area contributed by atoms with Gasteiger partial charge in [-0.3, -0.25) is 9.59 Å². The number of carbonyl (C=O) groups is 3. The number of fused-ring (bicyclic) bond motifs is 1. The van der Waals surface area contributed by atoms with E-state index in [2.05, 4.69) is 5.32 Å². The quantitative estimate of drug-likeness (QED) is 0.332. The molecule has 3 rings (SSSR count). The number of carboxylic acid groups (broad SMARTS) is 1. The third-order valence-electron chi connectivity index (χ3n) is 6.39. The number of carbonyl (C=O) groups excluding carboxylic acids is 2. The van der Waals surface area contributed by atoms with Gasteiger partial charge < -0.3 is 34.5 Å². The van der Waals surface area contributed by atoms with E-state index in [1.807, 2.05) is 6.92 Å². The van der Waals surface area contributed by atoms with Crippen LogP contribution in [0.25, 0.3) is 5.57 Å².